The van der Waals surface area contributed by atoms with Gasteiger partial charge in [-0.3, -0.25) is 0 Å². The molecule has 0 bridgehead atoms. The van der Waals surface area contributed by atoms with Crippen molar-refractivity contribution in [3.8, 4) is 0 Å². The summed E-state index contributed by atoms with van der Waals surface area (Å²) >= 11 is 0. The molecule has 0 aromatic carbocycles. The second-order valence-electron chi connectivity index (χ2n) is 3.99. The highest BCUT2D eigenvalue weighted by atomic mass is 28.4. The minimum Gasteiger partial charge on any atom is -0.377 e. The van der Waals surface area contributed by atoms with Gasteiger partial charge in [0.15, 0.2) is 0 Å². The van der Waals surface area contributed by atoms with Gasteiger partial charge in [0.1, 0.15) is 0 Å². The van der Waals surface area contributed by atoms with E-state index in [-0.39, 0.29) is 5.41 Å². The largest absolute Gasteiger partial charge is 0.500 e. The van der Waals surface area contributed by atoms with Gasteiger partial charge >= 0.3 is 8.80 Å². The van der Waals surface area contributed by atoms with E-state index in [0.29, 0.717) is 0 Å². The van der Waals surface area contributed by atoms with Crippen molar-refractivity contribution in [1.82, 2.24) is 0 Å². The van der Waals surface area contributed by atoms with Crippen molar-refractivity contribution in [3.63, 3.8) is 0 Å². The smallest absolute Gasteiger partial charge is 0.377 e. The van der Waals surface area contributed by atoms with Gasteiger partial charge in [0.2, 0.25) is 0 Å². The van der Waals surface area contributed by atoms with Gasteiger partial charge in [-0.1, -0.05) is 27.2 Å². The van der Waals surface area contributed by atoms with Gasteiger partial charge < -0.3 is 13.3 Å². The molecule has 0 radical (unpaired) electrons. The molecule has 0 unspecified atom stereocenters. The van der Waals surface area contributed by atoms with Crippen LogP contribution in [-0.2, 0) is 13.3 Å². The lowest BCUT2D eigenvalue weighted by atomic mass is 9.93. The van der Waals surface area contributed by atoms with Crippen LogP contribution in [0.3, 0.4) is 0 Å². The molecule has 0 aromatic rings. The summed E-state index contributed by atoms with van der Waals surface area (Å²) in [5.74, 6) is 0. The molecule has 0 saturated heterocycles. The summed E-state index contributed by atoms with van der Waals surface area (Å²) in [6, 6.07) is 0.861. The average Bonchev–Trinajstić information content (AvgIpc) is 2.14. The first-order valence-electron chi connectivity index (χ1n) is 4.60. The summed E-state index contributed by atoms with van der Waals surface area (Å²) in [6.07, 6.45) is 1.10. The molecular weight excluding hydrogens is 184 g/mol. The minimum absolute atomic E-state index is 0.217. The summed E-state index contributed by atoms with van der Waals surface area (Å²) in [4.78, 5) is 0. The maximum atomic E-state index is 5.37. The second-order valence-corrected chi connectivity index (χ2v) is 6.93. The average molecular weight is 206 g/mol. The Balaban J connectivity index is 4.41. The Morgan fingerprint density at radius 2 is 1.38 bits per heavy atom. The zero-order chi connectivity index (χ0) is 10.5. The van der Waals surface area contributed by atoms with Crippen LogP contribution in [0.15, 0.2) is 0 Å². The van der Waals surface area contributed by atoms with E-state index in [4.69, 9.17) is 13.3 Å². The van der Waals surface area contributed by atoms with Gasteiger partial charge in [-0.05, 0) is 5.41 Å². The number of rotatable bonds is 6. The molecule has 0 aromatic heterocycles. The van der Waals surface area contributed by atoms with Crippen molar-refractivity contribution in [2.24, 2.45) is 5.41 Å². The summed E-state index contributed by atoms with van der Waals surface area (Å²) in [5, 5.41) is 0. The fourth-order valence-electron chi connectivity index (χ4n) is 1.18. The normalized spacial score (nSPS) is 13.4. The lowest BCUT2D eigenvalue weighted by Crippen LogP contribution is -2.46. The van der Waals surface area contributed by atoms with E-state index in [0.717, 1.165) is 12.5 Å². The zero-order valence-electron chi connectivity index (χ0n) is 9.64. The Bertz CT molecular complexity index is 136. The van der Waals surface area contributed by atoms with Crippen LogP contribution < -0.4 is 0 Å². The quantitative estimate of drug-likeness (QED) is 0.624. The second kappa shape index (κ2) is 5.10. The predicted molar refractivity (Wildman–Crippen MR) is 55.7 cm³/mol. The fraction of sp³-hybridized carbons (Fsp3) is 1.00. The Labute approximate surface area is 82.8 Å². The summed E-state index contributed by atoms with van der Waals surface area (Å²) in [7, 11) is 2.60. The lowest BCUT2D eigenvalue weighted by Gasteiger charge is -2.32. The zero-order valence-corrected chi connectivity index (χ0v) is 10.6. The van der Waals surface area contributed by atoms with Crippen molar-refractivity contribution < 1.29 is 13.3 Å². The van der Waals surface area contributed by atoms with Gasteiger partial charge in [0.05, 0.1) is 0 Å². The van der Waals surface area contributed by atoms with Crippen LogP contribution in [0.5, 0.6) is 0 Å². The maximum absolute atomic E-state index is 5.37. The van der Waals surface area contributed by atoms with E-state index < -0.39 is 8.80 Å². The molecule has 13 heavy (non-hydrogen) atoms. The molecule has 4 heteroatoms. The summed E-state index contributed by atoms with van der Waals surface area (Å²) < 4.78 is 16.1. The van der Waals surface area contributed by atoms with E-state index in [9.17, 15) is 0 Å². The topological polar surface area (TPSA) is 27.7 Å². The van der Waals surface area contributed by atoms with Crippen LogP contribution in [0.4, 0.5) is 0 Å². The third-order valence-electron chi connectivity index (χ3n) is 2.59. The molecule has 3 nitrogen and oxygen atoms in total. The van der Waals surface area contributed by atoms with Crippen LogP contribution >= 0.6 is 0 Å². The van der Waals surface area contributed by atoms with Crippen LogP contribution in [0.1, 0.15) is 27.2 Å². The first-order chi connectivity index (χ1) is 5.95. The monoisotopic (exact) mass is 206 g/mol. The van der Waals surface area contributed by atoms with Crippen molar-refractivity contribution in [2.45, 2.75) is 33.2 Å². The third kappa shape index (κ3) is 3.77. The molecule has 0 rings (SSSR count). The summed E-state index contributed by atoms with van der Waals surface area (Å²) in [6.45, 7) is 6.57. The Hall–Kier alpha value is 0.0969. The SMILES string of the molecule is CCC(C)(C)C[Si](OC)(OC)OC. The highest BCUT2D eigenvalue weighted by Gasteiger charge is 2.42. The molecule has 0 heterocycles. The van der Waals surface area contributed by atoms with Crippen molar-refractivity contribution >= 4 is 8.80 Å². The Morgan fingerprint density at radius 3 is 1.62 bits per heavy atom. The van der Waals surface area contributed by atoms with E-state index in [1.807, 2.05) is 0 Å². The molecule has 0 spiro atoms. The maximum Gasteiger partial charge on any atom is 0.500 e. The van der Waals surface area contributed by atoms with Crippen LogP contribution in [0.25, 0.3) is 0 Å². The lowest BCUT2D eigenvalue weighted by molar-refractivity contribution is 0.109. The molecule has 0 N–H and O–H groups in total. The standard InChI is InChI=1S/C9H22O3Si/c1-7-9(2,3)8-13(10-4,11-5)12-6/h7-8H2,1-6H3. The van der Waals surface area contributed by atoms with Gasteiger partial charge in [-0.2, -0.15) is 0 Å². The molecular formula is C9H22O3Si. The fourth-order valence-corrected chi connectivity index (χ4v) is 3.53. The van der Waals surface area contributed by atoms with Crippen LogP contribution in [0.2, 0.25) is 6.04 Å². The van der Waals surface area contributed by atoms with Gasteiger partial charge in [0, 0.05) is 27.4 Å². The molecule has 0 atom stereocenters. The van der Waals surface area contributed by atoms with E-state index in [1.165, 1.54) is 0 Å². The number of hydrogen-bond acceptors (Lipinski definition) is 3. The first-order valence-corrected chi connectivity index (χ1v) is 6.54. The molecule has 0 amide bonds. The van der Waals surface area contributed by atoms with E-state index in [2.05, 4.69) is 20.8 Å². The highest BCUT2D eigenvalue weighted by Crippen LogP contribution is 2.32. The Kier molecular flexibility index (Phi) is 5.13. The summed E-state index contributed by atoms with van der Waals surface area (Å²) in [5.41, 5.74) is 0.217. The highest BCUT2D eigenvalue weighted by molar-refractivity contribution is 6.60. The minimum atomic E-state index is -2.37. The molecule has 0 aliphatic heterocycles. The van der Waals surface area contributed by atoms with Gasteiger partial charge in [-0.25, -0.2) is 0 Å². The molecule has 0 aliphatic rings. The van der Waals surface area contributed by atoms with Crippen LogP contribution in [-0.4, -0.2) is 30.1 Å². The van der Waals surface area contributed by atoms with Crippen molar-refractivity contribution in [3.05, 3.63) is 0 Å². The first kappa shape index (κ1) is 13.1. The Morgan fingerprint density at radius 1 is 1.00 bits per heavy atom. The molecule has 80 valence electrons. The molecule has 0 fully saturated rings. The van der Waals surface area contributed by atoms with Gasteiger partial charge in [-0.15, -0.1) is 0 Å². The van der Waals surface area contributed by atoms with Crippen molar-refractivity contribution in [2.75, 3.05) is 21.3 Å². The number of hydrogen-bond donors (Lipinski definition) is 0. The third-order valence-corrected chi connectivity index (χ3v) is 5.84. The van der Waals surface area contributed by atoms with E-state index in [1.54, 1.807) is 21.3 Å². The van der Waals surface area contributed by atoms with Crippen LogP contribution in [0, 0.1) is 5.41 Å². The molecule has 0 aliphatic carbocycles. The van der Waals surface area contributed by atoms with Gasteiger partial charge in [0.25, 0.3) is 0 Å². The predicted octanol–water partition coefficient (Wildman–Crippen LogP) is 2.30. The van der Waals surface area contributed by atoms with E-state index >= 15 is 0 Å². The van der Waals surface area contributed by atoms with Crippen molar-refractivity contribution in [1.29, 1.82) is 0 Å². The molecule has 0 saturated carbocycles.